The molecule has 4 rings (SSSR count). The van der Waals surface area contributed by atoms with Gasteiger partial charge in [0.2, 0.25) is 5.91 Å². The van der Waals surface area contributed by atoms with Gasteiger partial charge in [0.05, 0.1) is 17.3 Å². The Hall–Kier alpha value is -3.22. The molecule has 2 amide bonds. The topological polar surface area (TPSA) is 80.1 Å². The number of carbonyl (C=O) groups is 2. The van der Waals surface area contributed by atoms with E-state index in [0.29, 0.717) is 18.5 Å². The normalized spacial score (nSPS) is 14.2. The summed E-state index contributed by atoms with van der Waals surface area (Å²) < 4.78 is 1.69. The molecular weight excluding hydrogens is 330 g/mol. The van der Waals surface area contributed by atoms with Crippen LogP contribution in [0, 0.1) is 0 Å². The summed E-state index contributed by atoms with van der Waals surface area (Å²) in [6.07, 6.45) is 4.75. The molecule has 0 unspecified atom stereocenters. The van der Waals surface area contributed by atoms with Crippen LogP contribution in [0.1, 0.15) is 28.8 Å². The molecule has 26 heavy (non-hydrogen) atoms. The number of pyridine rings is 1. The van der Waals surface area contributed by atoms with E-state index in [0.717, 1.165) is 35.2 Å². The summed E-state index contributed by atoms with van der Waals surface area (Å²) in [5.74, 6) is -0.0106. The third-order valence-electron chi connectivity index (χ3n) is 4.64. The van der Waals surface area contributed by atoms with Crippen LogP contribution in [0.3, 0.4) is 0 Å². The first kappa shape index (κ1) is 16.3. The van der Waals surface area contributed by atoms with E-state index in [1.807, 2.05) is 31.3 Å². The van der Waals surface area contributed by atoms with Crippen molar-refractivity contribution in [3.8, 4) is 0 Å². The fourth-order valence-electron chi connectivity index (χ4n) is 3.15. The van der Waals surface area contributed by atoms with E-state index in [1.165, 1.54) is 0 Å². The quantitative estimate of drug-likeness (QED) is 0.781. The number of aryl methyl sites for hydroxylation is 1. The van der Waals surface area contributed by atoms with Gasteiger partial charge in [0.15, 0.2) is 0 Å². The zero-order valence-corrected chi connectivity index (χ0v) is 14.5. The number of hydrogen-bond acceptors (Lipinski definition) is 4. The molecule has 2 aromatic heterocycles. The predicted octanol–water partition coefficient (Wildman–Crippen LogP) is 2.03. The van der Waals surface area contributed by atoms with Gasteiger partial charge in [-0.25, -0.2) is 0 Å². The Morgan fingerprint density at radius 3 is 2.77 bits per heavy atom. The lowest BCUT2D eigenvalue weighted by molar-refractivity contribution is -0.117. The van der Waals surface area contributed by atoms with E-state index < -0.39 is 0 Å². The van der Waals surface area contributed by atoms with Crippen LogP contribution in [0.15, 0.2) is 42.7 Å². The van der Waals surface area contributed by atoms with E-state index in [2.05, 4.69) is 15.4 Å². The van der Waals surface area contributed by atoms with Crippen molar-refractivity contribution < 1.29 is 9.59 Å². The van der Waals surface area contributed by atoms with Crippen LogP contribution in [-0.2, 0) is 18.4 Å². The van der Waals surface area contributed by atoms with Crippen molar-refractivity contribution in [1.82, 2.24) is 20.1 Å². The van der Waals surface area contributed by atoms with Crippen molar-refractivity contribution >= 4 is 28.5 Å². The van der Waals surface area contributed by atoms with E-state index >= 15 is 0 Å². The second kappa shape index (κ2) is 6.59. The lowest BCUT2D eigenvalue weighted by atomic mass is 10.2. The predicted molar refractivity (Wildman–Crippen MR) is 97.7 cm³/mol. The Bertz CT molecular complexity index is 977. The Morgan fingerprint density at radius 2 is 2.04 bits per heavy atom. The molecule has 1 aliphatic rings. The van der Waals surface area contributed by atoms with Crippen LogP contribution in [-0.4, -0.2) is 33.1 Å². The number of carbonyl (C=O) groups excluding carboxylic acids is 2. The van der Waals surface area contributed by atoms with Crippen molar-refractivity contribution in [1.29, 1.82) is 0 Å². The molecule has 0 saturated carbocycles. The molecule has 7 nitrogen and oxygen atoms in total. The van der Waals surface area contributed by atoms with Crippen molar-refractivity contribution in [2.75, 3.05) is 11.4 Å². The highest BCUT2D eigenvalue weighted by Gasteiger charge is 2.21. The van der Waals surface area contributed by atoms with Gasteiger partial charge in [0, 0.05) is 38.4 Å². The Labute approximate surface area is 150 Å². The third-order valence-corrected chi connectivity index (χ3v) is 4.64. The highest BCUT2D eigenvalue weighted by atomic mass is 16.2. The summed E-state index contributed by atoms with van der Waals surface area (Å²) in [4.78, 5) is 30.2. The number of hydrogen-bond donors (Lipinski definition) is 1. The molecule has 1 N–H and O–H groups in total. The van der Waals surface area contributed by atoms with Crippen LogP contribution < -0.4 is 10.2 Å². The van der Waals surface area contributed by atoms with Crippen LogP contribution in [0.25, 0.3) is 11.0 Å². The molecule has 3 heterocycles. The first-order chi connectivity index (χ1) is 12.6. The van der Waals surface area contributed by atoms with Crippen molar-refractivity contribution in [3.63, 3.8) is 0 Å². The van der Waals surface area contributed by atoms with E-state index in [4.69, 9.17) is 0 Å². The number of rotatable bonds is 4. The summed E-state index contributed by atoms with van der Waals surface area (Å²) in [5.41, 5.74) is 3.96. The van der Waals surface area contributed by atoms with Crippen LogP contribution in [0.5, 0.6) is 0 Å². The molecule has 1 aromatic carbocycles. The third kappa shape index (κ3) is 3.03. The number of nitrogens with one attached hydrogen (secondary N) is 1. The molecule has 132 valence electrons. The van der Waals surface area contributed by atoms with Gasteiger partial charge in [-0.1, -0.05) is 12.1 Å². The first-order valence-electron chi connectivity index (χ1n) is 8.57. The van der Waals surface area contributed by atoms with E-state index in [9.17, 15) is 9.59 Å². The number of anilines is 1. The number of amides is 2. The Morgan fingerprint density at radius 1 is 1.23 bits per heavy atom. The average molecular weight is 349 g/mol. The molecule has 3 aromatic rings. The summed E-state index contributed by atoms with van der Waals surface area (Å²) in [6.45, 7) is 1.19. The first-order valence-corrected chi connectivity index (χ1v) is 8.57. The van der Waals surface area contributed by atoms with Gasteiger partial charge in [-0.05, 0) is 30.2 Å². The number of benzene rings is 1. The Balaban J connectivity index is 1.42. The fourth-order valence-corrected chi connectivity index (χ4v) is 3.15. The van der Waals surface area contributed by atoms with Gasteiger partial charge in [-0.15, -0.1) is 0 Å². The molecule has 0 atom stereocenters. The molecule has 1 aliphatic heterocycles. The fraction of sp³-hybridized carbons (Fsp3) is 0.263. The molecule has 0 radical (unpaired) electrons. The minimum atomic E-state index is -0.181. The number of aromatic nitrogens is 3. The molecule has 1 fully saturated rings. The van der Waals surface area contributed by atoms with E-state index in [-0.39, 0.29) is 11.8 Å². The summed E-state index contributed by atoms with van der Waals surface area (Å²) in [6, 6.07) is 9.50. The van der Waals surface area contributed by atoms with Crippen LogP contribution >= 0.6 is 0 Å². The molecule has 0 spiro atoms. The number of nitrogens with zero attached hydrogens (tertiary/aromatic N) is 4. The minimum absolute atomic E-state index is 0.170. The zero-order chi connectivity index (χ0) is 18.1. The van der Waals surface area contributed by atoms with Gasteiger partial charge >= 0.3 is 0 Å². The highest BCUT2D eigenvalue weighted by Crippen LogP contribution is 2.21. The standard InChI is InChI=1S/C19H19N5O2/c1-23-17-9-14(11-20-16(17)12-22-23)19(26)21-10-13-4-6-15(7-5-13)24-8-2-3-18(24)25/h4-7,9,11-12H,2-3,8,10H2,1H3,(H,21,26). The summed E-state index contributed by atoms with van der Waals surface area (Å²) >= 11 is 0. The molecule has 0 aliphatic carbocycles. The van der Waals surface area contributed by atoms with Crippen molar-refractivity contribution in [3.05, 3.63) is 53.9 Å². The lowest BCUT2D eigenvalue weighted by Gasteiger charge is -2.16. The monoisotopic (exact) mass is 349 g/mol. The van der Waals surface area contributed by atoms with Gasteiger partial charge in [0.1, 0.15) is 5.52 Å². The molecule has 7 heteroatoms. The largest absolute Gasteiger partial charge is 0.348 e. The average Bonchev–Trinajstić information content (AvgIpc) is 3.26. The zero-order valence-electron chi connectivity index (χ0n) is 14.5. The van der Waals surface area contributed by atoms with Crippen LogP contribution in [0.4, 0.5) is 5.69 Å². The van der Waals surface area contributed by atoms with Gasteiger partial charge in [-0.2, -0.15) is 5.10 Å². The van der Waals surface area contributed by atoms with Gasteiger partial charge in [-0.3, -0.25) is 19.3 Å². The van der Waals surface area contributed by atoms with Gasteiger partial charge < -0.3 is 10.2 Å². The lowest BCUT2D eigenvalue weighted by Crippen LogP contribution is -2.24. The number of fused-ring (bicyclic) bond motifs is 1. The van der Waals surface area contributed by atoms with E-state index in [1.54, 1.807) is 28.0 Å². The minimum Gasteiger partial charge on any atom is -0.348 e. The SMILES string of the molecule is Cn1ncc2ncc(C(=O)NCc3ccc(N4CCCC4=O)cc3)cc21. The second-order valence-corrected chi connectivity index (χ2v) is 6.39. The summed E-state index contributed by atoms with van der Waals surface area (Å²) in [5, 5.41) is 7.03. The van der Waals surface area contributed by atoms with Gasteiger partial charge in [0.25, 0.3) is 5.91 Å². The van der Waals surface area contributed by atoms with Crippen LogP contribution in [0.2, 0.25) is 0 Å². The maximum atomic E-state index is 12.4. The second-order valence-electron chi connectivity index (χ2n) is 6.39. The molecular formula is C19H19N5O2. The maximum absolute atomic E-state index is 12.4. The molecule has 1 saturated heterocycles. The van der Waals surface area contributed by atoms with Crippen molar-refractivity contribution in [2.45, 2.75) is 19.4 Å². The molecule has 0 bridgehead atoms. The summed E-state index contributed by atoms with van der Waals surface area (Å²) in [7, 11) is 1.82. The highest BCUT2D eigenvalue weighted by molar-refractivity contribution is 5.97. The smallest absolute Gasteiger partial charge is 0.253 e. The maximum Gasteiger partial charge on any atom is 0.253 e. The van der Waals surface area contributed by atoms with Crippen molar-refractivity contribution in [2.24, 2.45) is 7.05 Å². The Kier molecular flexibility index (Phi) is 4.12.